The first-order valence-electron chi connectivity index (χ1n) is 8.43. The Hall–Kier alpha value is -3.35. The average molecular weight is 367 g/mol. The number of carbonyl (C=O) groups is 1. The molecule has 1 aliphatic rings. The van der Waals surface area contributed by atoms with E-state index in [0.717, 1.165) is 16.7 Å². The molecule has 7 heteroatoms. The molecular formula is C20H18FN3O3. The Bertz CT molecular complexity index is 1060. The standard InChI is InChI=1S/C20H18FN3O3/c1-22-20(25)18-13-8-11-9-16(26-2)17(27-3)10-12(11)19(13)24(23-18)15-7-5-4-6-14(15)21/h4-7,9-10H,8H2,1-3H3,(H,22,25). The summed E-state index contributed by atoms with van der Waals surface area (Å²) in [5.74, 6) is 0.438. The minimum absolute atomic E-state index is 0.282. The van der Waals surface area contributed by atoms with Gasteiger partial charge in [-0.2, -0.15) is 5.10 Å². The number of amides is 1. The molecule has 0 atom stereocenters. The minimum Gasteiger partial charge on any atom is -0.493 e. The highest BCUT2D eigenvalue weighted by Crippen LogP contribution is 2.44. The summed E-state index contributed by atoms with van der Waals surface area (Å²) in [6.07, 6.45) is 0.502. The predicted octanol–water partition coefficient (Wildman–Crippen LogP) is 2.96. The molecule has 1 aliphatic carbocycles. The molecule has 0 aliphatic heterocycles. The molecule has 4 rings (SSSR count). The topological polar surface area (TPSA) is 65.4 Å². The summed E-state index contributed by atoms with van der Waals surface area (Å²) in [7, 11) is 4.68. The van der Waals surface area contributed by atoms with Gasteiger partial charge in [0, 0.05) is 24.6 Å². The Morgan fingerprint density at radius 3 is 2.56 bits per heavy atom. The van der Waals surface area contributed by atoms with Gasteiger partial charge in [-0.05, 0) is 29.8 Å². The van der Waals surface area contributed by atoms with E-state index in [1.807, 2.05) is 12.1 Å². The van der Waals surface area contributed by atoms with E-state index < -0.39 is 5.82 Å². The molecule has 1 N–H and O–H groups in total. The SMILES string of the molecule is CNC(=O)c1nn(-c2ccccc2F)c2c1Cc1cc(OC)c(OC)cc1-2. The van der Waals surface area contributed by atoms with Crippen LogP contribution in [0.25, 0.3) is 16.9 Å². The second-order valence-corrected chi connectivity index (χ2v) is 6.16. The quantitative estimate of drug-likeness (QED) is 0.602. The molecule has 0 fully saturated rings. The van der Waals surface area contributed by atoms with E-state index >= 15 is 0 Å². The Morgan fingerprint density at radius 1 is 1.19 bits per heavy atom. The van der Waals surface area contributed by atoms with E-state index in [1.54, 1.807) is 39.5 Å². The van der Waals surface area contributed by atoms with Crippen LogP contribution >= 0.6 is 0 Å². The van der Waals surface area contributed by atoms with Crippen molar-refractivity contribution in [2.24, 2.45) is 0 Å². The van der Waals surface area contributed by atoms with E-state index in [4.69, 9.17) is 9.47 Å². The van der Waals surface area contributed by atoms with E-state index in [1.165, 1.54) is 10.7 Å². The van der Waals surface area contributed by atoms with Crippen LogP contribution < -0.4 is 14.8 Å². The third-order valence-corrected chi connectivity index (χ3v) is 4.74. The molecule has 0 radical (unpaired) electrons. The molecule has 138 valence electrons. The van der Waals surface area contributed by atoms with Crippen LogP contribution in [0.5, 0.6) is 11.5 Å². The molecule has 27 heavy (non-hydrogen) atoms. The van der Waals surface area contributed by atoms with Crippen LogP contribution in [0.15, 0.2) is 36.4 Å². The van der Waals surface area contributed by atoms with Crippen LogP contribution in [0.2, 0.25) is 0 Å². The molecule has 0 saturated heterocycles. The zero-order valence-electron chi connectivity index (χ0n) is 15.2. The van der Waals surface area contributed by atoms with Gasteiger partial charge in [-0.25, -0.2) is 9.07 Å². The van der Waals surface area contributed by atoms with Crippen molar-refractivity contribution in [2.45, 2.75) is 6.42 Å². The number of carbonyl (C=O) groups excluding carboxylic acids is 1. The maximum absolute atomic E-state index is 14.5. The maximum Gasteiger partial charge on any atom is 0.271 e. The van der Waals surface area contributed by atoms with Crippen molar-refractivity contribution in [3.63, 3.8) is 0 Å². The Kier molecular flexibility index (Phi) is 4.07. The monoisotopic (exact) mass is 367 g/mol. The lowest BCUT2D eigenvalue weighted by Gasteiger charge is -2.12. The summed E-state index contributed by atoms with van der Waals surface area (Å²) >= 11 is 0. The van der Waals surface area contributed by atoms with Gasteiger partial charge < -0.3 is 14.8 Å². The van der Waals surface area contributed by atoms with E-state index in [-0.39, 0.29) is 17.3 Å². The smallest absolute Gasteiger partial charge is 0.271 e. The molecule has 3 aromatic rings. The summed E-state index contributed by atoms with van der Waals surface area (Å²) in [4.78, 5) is 12.4. The molecule has 0 spiro atoms. The molecule has 0 bridgehead atoms. The lowest BCUT2D eigenvalue weighted by molar-refractivity contribution is 0.0957. The highest BCUT2D eigenvalue weighted by atomic mass is 19.1. The van der Waals surface area contributed by atoms with Crippen LogP contribution in [0, 0.1) is 5.82 Å². The number of nitrogens with zero attached hydrogens (tertiary/aromatic N) is 2. The van der Waals surface area contributed by atoms with Gasteiger partial charge in [0.1, 0.15) is 11.5 Å². The highest BCUT2D eigenvalue weighted by molar-refractivity contribution is 5.97. The number of fused-ring (bicyclic) bond motifs is 3. The normalized spacial score (nSPS) is 11.7. The van der Waals surface area contributed by atoms with Crippen LogP contribution in [-0.4, -0.2) is 37.0 Å². The Labute approximate surface area is 155 Å². The van der Waals surface area contributed by atoms with Crippen LogP contribution in [0.4, 0.5) is 4.39 Å². The molecule has 0 saturated carbocycles. The van der Waals surface area contributed by atoms with E-state index in [2.05, 4.69) is 10.4 Å². The zero-order valence-corrected chi connectivity index (χ0v) is 15.2. The van der Waals surface area contributed by atoms with Crippen molar-refractivity contribution < 1.29 is 18.7 Å². The van der Waals surface area contributed by atoms with Crippen LogP contribution in [0.3, 0.4) is 0 Å². The van der Waals surface area contributed by atoms with Gasteiger partial charge in [0.2, 0.25) is 0 Å². The summed E-state index contributed by atoms with van der Waals surface area (Å²) in [5.41, 5.74) is 3.82. The van der Waals surface area contributed by atoms with Gasteiger partial charge in [0.25, 0.3) is 5.91 Å². The molecule has 1 heterocycles. The van der Waals surface area contributed by atoms with Crippen molar-refractivity contribution in [3.8, 4) is 28.4 Å². The summed E-state index contributed by atoms with van der Waals surface area (Å²) in [6.45, 7) is 0. The van der Waals surface area contributed by atoms with Crippen molar-refractivity contribution in [1.29, 1.82) is 0 Å². The summed E-state index contributed by atoms with van der Waals surface area (Å²) < 4.78 is 26.8. The Balaban J connectivity index is 2.01. The van der Waals surface area contributed by atoms with Gasteiger partial charge in [0.15, 0.2) is 17.2 Å². The van der Waals surface area contributed by atoms with Crippen molar-refractivity contribution in [1.82, 2.24) is 15.1 Å². The molecule has 1 amide bonds. The number of halogens is 1. The Morgan fingerprint density at radius 2 is 1.89 bits per heavy atom. The predicted molar refractivity (Wildman–Crippen MR) is 98.3 cm³/mol. The van der Waals surface area contributed by atoms with Gasteiger partial charge in [-0.15, -0.1) is 0 Å². The summed E-state index contributed by atoms with van der Waals surface area (Å²) in [5, 5.41) is 7.03. The number of hydrogen-bond donors (Lipinski definition) is 1. The lowest BCUT2D eigenvalue weighted by atomic mass is 10.1. The van der Waals surface area contributed by atoms with Gasteiger partial charge in [-0.1, -0.05) is 12.1 Å². The number of benzene rings is 2. The first-order chi connectivity index (χ1) is 13.1. The van der Waals surface area contributed by atoms with Crippen molar-refractivity contribution in [3.05, 3.63) is 59.0 Å². The van der Waals surface area contributed by atoms with Crippen LogP contribution in [0.1, 0.15) is 21.6 Å². The van der Waals surface area contributed by atoms with Crippen molar-refractivity contribution >= 4 is 5.91 Å². The first-order valence-corrected chi connectivity index (χ1v) is 8.43. The second-order valence-electron chi connectivity index (χ2n) is 6.16. The van der Waals surface area contributed by atoms with E-state index in [9.17, 15) is 9.18 Å². The maximum atomic E-state index is 14.5. The summed E-state index contributed by atoms with van der Waals surface area (Å²) in [6, 6.07) is 10.1. The number of methoxy groups -OCH3 is 2. The molecule has 2 aromatic carbocycles. The van der Waals surface area contributed by atoms with Gasteiger partial charge >= 0.3 is 0 Å². The lowest BCUT2D eigenvalue weighted by Crippen LogP contribution is -2.20. The van der Waals surface area contributed by atoms with Gasteiger partial charge in [-0.3, -0.25) is 4.79 Å². The largest absolute Gasteiger partial charge is 0.493 e. The fraction of sp³-hybridized carbons (Fsp3) is 0.200. The fourth-order valence-electron chi connectivity index (χ4n) is 3.47. The van der Waals surface area contributed by atoms with Gasteiger partial charge in [0.05, 0.1) is 19.9 Å². The third kappa shape index (κ3) is 2.54. The number of para-hydroxylation sites is 1. The zero-order chi connectivity index (χ0) is 19.1. The minimum atomic E-state index is -0.416. The number of ether oxygens (including phenoxy) is 2. The van der Waals surface area contributed by atoms with Crippen molar-refractivity contribution in [2.75, 3.05) is 21.3 Å². The third-order valence-electron chi connectivity index (χ3n) is 4.74. The molecule has 1 aromatic heterocycles. The fourth-order valence-corrected chi connectivity index (χ4v) is 3.47. The highest BCUT2D eigenvalue weighted by Gasteiger charge is 2.32. The number of aromatic nitrogens is 2. The second kappa shape index (κ2) is 6.42. The number of nitrogens with one attached hydrogen (secondary N) is 1. The number of hydrogen-bond acceptors (Lipinski definition) is 4. The molecule has 0 unspecified atom stereocenters. The van der Waals surface area contributed by atoms with Crippen LogP contribution in [-0.2, 0) is 6.42 Å². The average Bonchev–Trinajstić information content (AvgIpc) is 3.23. The molecular weight excluding hydrogens is 349 g/mol. The van der Waals surface area contributed by atoms with E-state index in [0.29, 0.717) is 23.6 Å². The number of rotatable bonds is 4. The molecule has 6 nitrogen and oxygen atoms in total. The first kappa shape index (κ1) is 17.1.